The van der Waals surface area contributed by atoms with Gasteiger partial charge in [0.2, 0.25) is 0 Å². The molecule has 0 spiro atoms. The average molecular weight is 383 g/mol. The minimum absolute atomic E-state index is 0.00675. The molecule has 5 heteroatoms. The molecule has 3 atom stereocenters. The second-order valence-corrected chi connectivity index (χ2v) is 9.61. The Hall–Kier alpha value is -1.88. The summed E-state index contributed by atoms with van der Waals surface area (Å²) in [4.78, 5) is 22.4. The first-order valence-electron chi connectivity index (χ1n) is 9.47. The van der Waals surface area contributed by atoms with Gasteiger partial charge in [0, 0.05) is 17.2 Å². The van der Waals surface area contributed by atoms with Crippen molar-refractivity contribution < 1.29 is 9.53 Å². The van der Waals surface area contributed by atoms with Crippen molar-refractivity contribution in [3.63, 3.8) is 0 Å². The summed E-state index contributed by atoms with van der Waals surface area (Å²) in [5, 5.41) is 0.639. The number of benzene rings is 1. The third kappa shape index (κ3) is 2.78. The first kappa shape index (κ1) is 18.5. The van der Waals surface area contributed by atoms with Crippen LogP contribution in [0.25, 0.3) is 11.3 Å². The molecule has 2 aromatic rings. The van der Waals surface area contributed by atoms with Gasteiger partial charge in [-0.2, -0.15) is 0 Å². The summed E-state index contributed by atoms with van der Waals surface area (Å²) in [6.45, 7) is 8.76. The number of hydrogen-bond donors (Lipinski definition) is 0. The highest BCUT2D eigenvalue weighted by Gasteiger charge is 2.66. The molecule has 0 unspecified atom stereocenters. The summed E-state index contributed by atoms with van der Waals surface area (Å²) in [5.74, 6) is 1.38. The molecule has 1 aromatic carbocycles. The molecular weight excluding hydrogens is 356 g/mol. The normalized spacial score (nSPS) is 28.6. The highest BCUT2D eigenvalue weighted by atomic mass is 32.2. The number of thioether (sulfide) groups is 1. The standard InChI is InChI=1S/C22H26N2O2S/c1-13-12-17(14-6-8-15(26-5)9-7-14)24-20(23-13)27-19-18(25)16-10-11-22(19,4)21(16,2)3/h6-9,12,16,19H,10-11H2,1-5H3/t16-,19+,22-/m1/s1. The fourth-order valence-corrected chi connectivity index (χ4v) is 6.31. The minimum atomic E-state index is -0.0585. The van der Waals surface area contributed by atoms with Crippen molar-refractivity contribution >= 4 is 17.5 Å². The van der Waals surface area contributed by atoms with Crippen molar-refractivity contribution in [1.82, 2.24) is 9.97 Å². The lowest BCUT2D eigenvalue weighted by molar-refractivity contribution is -0.122. The van der Waals surface area contributed by atoms with Crippen LogP contribution in [0, 0.1) is 23.7 Å². The molecule has 2 aliphatic rings. The van der Waals surface area contributed by atoms with Gasteiger partial charge in [0.15, 0.2) is 5.16 Å². The fraction of sp³-hybridized carbons (Fsp3) is 0.500. The van der Waals surface area contributed by atoms with Crippen molar-refractivity contribution in [2.45, 2.75) is 50.9 Å². The number of aromatic nitrogens is 2. The van der Waals surface area contributed by atoms with Gasteiger partial charge in [0.25, 0.3) is 0 Å². The van der Waals surface area contributed by atoms with Gasteiger partial charge in [-0.25, -0.2) is 9.97 Å². The van der Waals surface area contributed by atoms with Gasteiger partial charge in [0.05, 0.1) is 18.1 Å². The number of Topliss-reactive ketones (excluding diaryl/α,β-unsaturated/α-hetero) is 1. The van der Waals surface area contributed by atoms with Crippen LogP contribution in [-0.2, 0) is 4.79 Å². The number of aryl methyl sites for hydroxylation is 1. The summed E-state index contributed by atoms with van der Waals surface area (Å²) in [5.41, 5.74) is 2.87. The molecule has 0 amide bonds. The summed E-state index contributed by atoms with van der Waals surface area (Å²) in [6.07, 6.45) is 2.12. The van der Waals surface area contributed by atoms with E-state index in [9.17, 15) is 4.79 Å². The number of rotatable bonds is 4. The van der Waals surface area contributed by atoms with Gasteiger partial charge in [-0.1, -0.05) is 32.5 Å². The quantitative estimate of drug-likeness (QED) is 0.701. The summed E-state index contributed by atoms with van der Waals surface area (Å²) in [7, 11) is 1.66. The van der Waals surface area contributed by atoms with Gasteiger partial charge in [-0.3, -0.25) is 4.79 Å². The monoisotopic (exact) mass is 382 g/mol. The summed E-state index contributed by atoms with van der Waals surface area (Å²) in [6, 6.07) is 9.86. The topological polar surface area (TPSA) is 52.1 Å². The van der Waals surface area contributed by atoms with Gasteiger partial charge in [-0.05, 0) is 60.9 Å². The smallest absolute Gasteiger partial charge is 0.189 e. The molecule has 0 N–H and O–H groups in total. The first-order chi connectivity index (χ1) is 12.8. The van der Waals surface area contributed by atoms with Gasteiger partial charge in [-0.15, -0.1) is 0 Å². The molecule has 2 bridgehead atoms. The molecule has 0 radical (unpaired) electrons. The Bertz CT molecular complexity index is 894. The Kier molecular flexibility index (Phi) is 4.34. The van der Waals surface area contributed by atoms with E-state index in [1.54, 1.807) is 18.9 Å². The van der Waals surface area contributed by atoms with Crippen LogP contribution < -0.4 is 4.74 Å². The summed E-state index contributed by atoms with van der Waals surface area (Å²) >= 11 is 1.56. The Balaban J connectivity index is 1.65. The van der Waals surface area contributed by atoms with Crippen molar-refractivity contribution in [2.24, 2.45) is 16.7 Å². The molecule has 4 nitrogen and oxygen atoms in total. The van der Waals surface area contributed by atoms with Gasteiger partial charge in [0.1, 0.15) is 11.5 Å². The number of nitrogens with zero attached hydrogens (tertiary/aromatic N) is 2. The Morgan fingerprint density at radius 1 is 1.15 bits per heavy atom. The van der Waals surface area contributed by atoms with E-state index < -0.39 is 0 Å². The van der Waals surface area contributed by atoms with Crippen LogP contribution in [0.2, 0.25) is 0 Å². The highest BCUT2D eigenvalue weighted by Crippen LogP contribution is 2.67. The van der Waals surface area contributed by atoms with Crippen LogP contribution >= 0.6 is 11.8 Å². The molecule has 142 valence electrons. The van der Waals surface area contributed by atoms with Crippen LogP contribution in [-0.4, -0.2) is 28.1 Å². The van der Waals surface area contributed by atoms with Crippen molar-refractivity contribution in [1.29, 1.82) is 0 Å². The SMILES string of the molecule is COc1ccc(-c2cc(C)nc(S[C@H]3C(=O)[C@H]4CC[C@@]3(C)C4(C)C)n2)cc1. The van der Waals surface area contributed by atoms with E-state index >= 15 is 0 Å². The van der Waals surface area contributed by atoms with E-state index in [4.69, 9.17) is 9.72 Å². The number of carbonyl (C=O) groups excluding carboxylic acids is 1. The highest BCUT2D eigenvalue weighted by molar-refractivity contribution is 8.00. The zero-order valence-corrected chi connectivity index (χ0v) is 17.4. The van der Waals surface area contributed by atoms with E-state index in [-0.39, 0.29) is 22.0 Å². The van der Waals surface area contributed by atoms with Gasteiger partial charge >= 0.3 is 0 Å². The van der Waals surface area contributed by atoms with Crippen molar-refractivity contribution in [2.75, 3.05) is 7.11 Å². The molecule has 0 aliphatic heterocycles. The van der Waals surface area contributed by atoms with E-state index in [1.807, 2.05) is 37.3 Å². The Morgan fingerprint density at radius 2 is 1.85 bits per heavy atom. The molecule has 2 fully saturated rings. The van der Waals surface area contributed by atoms with Crippen LogP contribution in [0.5, 0.6) is 5.75 Å². The lowest BCUT2D eigenvalue weighted by Crippen LogP contribution is -2.35. The maximum Gasteiger partial charge on any atom is 0.189 e. The number of carbonyl (C=O) groups is 1. The largest absolute Gasteiger partial charge is 0.497 e. The number of hydrogen-bond acceptors (Lipinski definition) is 5. The molecule has 27 heavy (non-hydrogen) atoms. The van der Waals surface area contributed by atoms with Gasteiger partial charge < -0.3 is 4.74 Å². The maximum atomic E-state index is 13.0. The molecular formula is C22H26N2O2S. The van der Waals surface area contributed by atoms with E-state index in [0.717, 1.165) is 35.5 Å². The van der Waals surface area contributed by atoms with Crippen molar-refractivity contribution in [3.8, 4) is 17.0 Å². The fourth-order valence-electron chi connectivity index (χ4n) is 4.79. The molecule has 1 aromatic heterocycles. The molecule has 1 heterocycles. The van der Waals surface area contributed by atoms with Crippen LogP contribution in [0.3, 0.4) is 0 Å². The zero-order chi connectivity index (χ0) is 19.4. The lowest BCUT2D eigenvalue weighted by Gasteiger charge is -2.37. The number of methoxy groups -OCH3 is 1. The zero-order valence-electron chi connectivity index (χ0n) is 16.6. The lowest BCUT2D eigenvalue weighted by atomic mass is 9.71. The third-order valence-electron chi connectivity index (χ3n) is 6.92. The number of fused-ring (bicyclic) bond motifs is 2. The number of ketones is 1. The molecule has 0 saturated heterocycles. The maximum absolute atomic E-state index is 13.0. The minimum Gasteiger partial charge on any atom is -0.497 e. The third-order valence-corrected chi connectivity index (χ3v) is 8.30. The van der Waals surface area contributed by atoms with Crippen LogP contribution in [0.15, 0.2) is 35.5 Å². The average Bonchev–Trinajstić information content (AvgIpc) is 2.95. The second-order valence-electron chi connectivity index (χ2n) is 8.54. The Labute approximate surface area is 165 Å². The van der Waals surface area contributed by atoms with Crippen LogP contribution in [0.1, 0.15) is 39.3 Å². The van der Waals surface area contributed by atoms with Crippen molar-refractivity contribution in [3.05, 3.63) is 36.0 Å². The molecule has 4 rings (SSSR count). The van der Waals surface area contributed by atoms with E-state index in [2.05, 4.69) is 25.8 Å². The van der Waals surface area contributed by atoms with Crippen LogP contribution in [0.4, 0.5) is 0 Å². The predicted octanol–water partition coefficient (Wildman–Crippen LogP) is 4.95. The summed E-state index contributed by atoms with van der Waals surface area (Å²) < 4.78 is 5.24. The van der Waals surface area contributed by atoms with E-state index in [0.29, 0.717) is 10.9 Å². The number of ether oxygens (including phenoxy) is 1. The molecule has 2 saturated carbocycles. The Morgan fingerprint density at radius 3 is 2.44 bits per heavy atom. The first-order valence-corrected chi connectivity index (χ1v) is 10.3. The van der Waals surface area contributed by atoms with E-state index in [1.165, 1.54) is 0 Å². The second kappa shape index (κ2) is 6.33. The predicted molar refractivity (Wildman–Crippen MR) is 108 cm³/mol. The molecule has 2 aliphatic carbocycles.